The molecule has 3 rings (SSSR count). The van der Waals surface area contributed by atoms with Gasteiger partial charge in [-0.1, -0.05) is 40.9 Å². The van der Waals surface area contributed by atoms with Crippen molar-refractivity contribution in [3.8, 4) is 5.75 Å². The Morgan fingerprint density at radius 3 is 2.28 bits per heavy atom. The number of anilines is 2. The van der Waals surface area contributed by atoms with Gasteiger partial charge in [-0.15, -0.1) is 0 Å². The zero-order valence-electron chi connectivity index (χ0n) is 15.5. The van der Waals surface area contributed by atoms with E-state index in [2.05, 4.69) is 10.6 Å². The molecule has 0 aromatic heterocycles. The van der Waals surface area contributed by atoms with Gasteiger partial charge < -0.3 is 15.4 Å². The van der Waals surface area contributed by atoms with E-state index in [0.717, 1.165) is 11.3 Å². The lowest BCUT2D eigenvalue weighted by molar-refractivity contribution is -0.118. The molecule has 0 heterocycles. The molecule has 0 bridgehead atoms. The molecule has 148 valence electrons. The molecule has 2 N–H and O–H groups in total. The maximum absolute atomic E-state index is 12.3. The molecular weight excluding hydrogens is 411 g/mol. The third-order valence-corrected chi connectivity index (χ3v) is 4.56. The Morgan fingerprint density at radius 1 is 0.897 bits per heavy atom. The van der Waals surface area contributed by atoms with Gasteiger partial charge in [-0.3, -0.25) is 9.59 Å². The van der Waals surface area contributed by atoms with Gasteiger partial charge in [-0.05, 0) is 61.5 Å². The zero-order chi connectivity index (χ0) is 20.8. The van der Waals surface area contributed by atoms with Crippen molar-refractivity contribution in [2.45, 2.75) is 6.92 Å². The van der Waals surface area contributed by atoms with Gasteiger partial charge in [0.05, 0.1) is 10.7 Å². The highest BCUT2D eigenvalue weighted by molar-refractivity contribution is 6.35. The van der Waals surface area contributed by atoms with Crippen molar-refractivity contribution in [1.82, 2.24) is 0 Å². The van der Waals surface area contributed by atoms with Gasteiger partial charge in [0, 0.05) is 16.3 Å². The summed E-state index contributed by atoms with van der Waals surface area (Å²) in [7, 11) is 0. The van der Waals surface area contributed by atoms with Gasteiger partial charge in [0.25, 0.3) is 11.8 Å². The summed E-state index contributed by atoms with van der Waals surface area (Å²) in [6.07, 6.45) is 0. The van der Waals surface area contributed by atoms with E-state index in [0.29, 0.717) is 27.0 Å². The number of amides is 2. The van der Waals surface area contributed by atoms with Crippen LogP contribution in [0.15, 0.2) is 66.7 Å². The molecule has 0 aliphatic heterocycles. The molecule has 0 saturated carbocycles. The molecule has 0 spiro atoms. The Hall–Kier alpha value is -3.02. The van der Waals surface area contributed by atoms with Crippen molar-refractivity contribution >= 4 is 46.4 Å². The molecule has 0 saturated heterocycles. The van der Waals surface area contributed by atoms with Crippen LogP contribution in [0.5, 0.6) is 5.75 Å². The highest BCUT2D eigenvalue weighted by Gasteiger charge is 2.09. The predicted octanol–water partition coefficient (Wildman–Crippen LogP) is 5.57. The van der Waals surface area contributed by atoms with E-state index in [1.54, 1.807) is 42.5 Å². The van der Waals surface area contributed by atoms with Crippen molar-refractivity contribution < 1.29 is 14.3 Å². The van der Waals surface area contributed by atoms with Crippen LogP contribution in [0.1, 0.15) is 15.9 Å². The number of benzene rings is 3. The van der Waals surface area contributed by atoms with E-state index >= 15 is 0 Å². The summed E-state index contributed by atoms with van der Waals surface area (Å²) in [6.45, 7) is 1.77. The lowest BCUT2D eigenvalue weighted by Gasteiger charge is -2.10. The quantitative estimate of drug-likeness (QED) is 0.538. The first-order valence-corrected chi connectivity index (χ1v) is 9.52. The van der Waals surface area contributed by atoms with E-state index < -0.39 is 0 Å². The van der Waals surface area contributed by atoms with Gasteiger partial charge in [-0.25, -0.2) is 0 Å². The standard InChI is InChI=1S/C22H18Cl2N2O3/c1-14-2-7-17(8-3-14)25-22(28)15-4-9-18(10-5-15)29-13-21(27)26-20-12-16(23)6-11-19(20)24/h2-12H,13H2,1H3,(H,25,28)(H,26,27). The Bertz CT molecular complexity index is 1020. The first-order valence-electron chi connectivity index (χ1n) is 8.76. The second-order valence-corrected chi connectivity index (χ2v) is 7.15. The van der Waals surface area contributed by atoms with Crippen LogP contribution in [0, 0.1) is 6.92 Å². The van der Waals surface area contributed by atoms with E-state index in [1.165, 1.54) is 0 Å². The van der Waals surface area contributed by atoms with Gasteiger partial charge in [-0.2, -0.15) is 0 Å². The number of carbonyl (C=O) groups excluding carboxylic acids is 2. The summed E-state index contributed by atoms with van der Waals surface area (Å²) in [5.74, 6) is -0.145. The number of hydrogen-bond acceptors (Lipinski definition) is 3. The molecule has 0 fully saturated rings. The summed E-state index contributed by atoms with van der Waals surface area (Å²) < 4.78 is 5.46. The smallest absolute Gasteiger partial charge is 0.262 e. The van der Waals surface area contributed by atoms with E-state index in [9.17, 15) is 9.59 Å². The van der Waals surface area contributed by atoms with Crippen molar-refractivity contribution in [3.05, 3.63) is 87.9 Å². The molecule has 0 atom stereocenters. The number of carbonyl (C=O) groups is 2. The van der Waals surface area contributed by atoms with Crippen LogP contribution in [0.2, 0.25) is 10.0 Å². The molecular formula is C22H18Cl2N2O3. The topological polar surface area (TPSA) is 67.4 Å². The first kappa shape index (κ1) is 20.7. The molecule has 5 nitrogen and oxygen atoms in total. The minimum atomic E-state index is -0.379. The fraction of sp³-hybridized carbons (Fsp3) is 0.0909. The molecule has 3 aromatic carbocycles. The highest BCUT2D eigenvalue weighted by atomic mass is 35.5. The third kappa shape index (κ3) is 5.98. The summed E-state index contributed by atoms with van der Waals surface area (Å²) >= 11 is 11.9. The average Bonchev–Trinajstić information content (AvgIpc) is 2.71. The van der Waals surface area contributed by atoms with Crippen LogP contribution in [0.25, 0.3) is 0 Å². The SMILES string of the molecule is Cc1ccc(NC(=O)c2ccc(OCC(=O)Nc3cc(Cl)ccc3Cl)cc2)cc1. The van der Waals surface area contributed by atoms with Gasteiger partial charge in [0.2, 0.25) is 0 Å². The lowest BCUT2D eigenvalue weighted by atomic mass is 10.2. The predicted molar refractivity (Wildman–Crippen MR) is 116 cm³/mol. The second kappa shape index (κ2) is 9.45. The average molecular weight is 429 g/mol. The van der Waals surface area contributed by atoms with Crippen molar-refractivity contribution in [3.63, 3.8) is 0 Å². The normalized spacial score (nSPS) is 10.3. The summed E-state index contributed by atoms with van der Waals surface area (Å²) in [4.78, 5) is 24.3. The summed E-state index contributed by atoms with van der Waals surface area (Å²) in [5, 5.41) is 6.31. The van der Waals surface area contributed by atoms with Crippen LogP contribution in [-0.4, -0.2) is 18.4 Å². The van der Waals surface area contributed by atoms with E-state index in [-0.39, 0.29) is 18.4 Å². The number of aryl methyl sites for hydroxylation is 1. The monoisotopic (exact) mass is 428 g/mol. The minimum Gasteiger partial charge on any atom is -0.484 e. The molecule has 3 aromatic rings. The van der Waals surface area contributed by atoms with E-state index in [4.69, 9.17) is 27.9 Å². The molecule has 0 aliphatic carbocycles. The van der Waals surface area contributed by atoms with Gasteiger partial charge >= 0.3 is 0 Å². The fourth-order valence-electron chi connectivity index (χ4n) is 2.47. The van der Waals surface area contributed by atoms with E-state index in [1.807, 2.05) is 31.2 Å². The minimum absolute atomic E-state index is 0.211. The Kier molecular flexibility index (Phi) is 6.75. The molecule has 29 heavy (non-hydrogen) atoms. The Balaban J connectivity index is 1.53. The largest absolute Gasteiger partial charge is 0.484 e. The van der Waals surface area contributed by atoms with Gasteiger partial charge in [0.15, 0.2) is 6.61 Å². The highest BCUT2D eigenvalue weighted by Crippen LogP contribution is 2.25. The van der Waals surface area contributed by atoms with Crippen LogP contribution < -0.4 is 15.4 Å². The maximum atomic E-state index is 12.3. The molecule has 0 aliphatic rings. The number of ether oxygens (including phenoxy) is 1. The van der Waals surface area contributed by atoms with Crippen LogP contribution in [-0.2, 0) is 4.79 Å². The Morgan fingerprint density at radius 2 is 1.59 bits per heavy atom. The van der Waals surface area contributed by atoms with Crippen molar-refractivity contribution in [2.75, 3.05) is 17.2 Å². The lowest BCUT2D eigenvalue weighted by Crippen LogP contribution is -2.20. The fourth-order valence-corrected chi connectivity index (χ4v) is 2.81. The van der Waals surface area contributed by atoms with Crippen LogP contribution in [0.3, 0.4) is 0 Å². The van der Waals surface area contributed by atoms with Crippen molar-refractivity contribution in [2.24, 2.45) is 0 Å². The van der Waals surface area contributed by atoms with Gasteiger partial charge in [0.1, 0.15) is 5.75 Å². The molecule has 0 radical (unpaired) electrons. The number of hydrogen-bond donors (Lipinski definition) is 2. The second-order valence-electron chi connectivity index (χ2n) is 6.31. The zero-order valence-corrected chi connectivity index (χ0v) is 17.1. The number of nitrogens with one attached hydrogen (secondary N) is 2. The van der Waals surface area contributed by atoms with Crippen LogP contribution >= 0.6 is 23.2 Å². The number of halogens is 2. The summed E-state index contributed by atoms with van der Waals surface area (Å²) in [5.41, 5.74) is 2.73. The molecule has 7 heteroatoms. The first-order chi connectivity index (χ1) is 13.9. The van der Waals surface area contributed by atoms with Crippen molar-refractivity contribution in [1.29, 1.82) is 0 Å². The number of rotatable bonds is 6. The Labute approximate surface area is 178 Å². The van der Waals surface area contributed by atoms with Crippen LogP contribution in [0.4, 0.5) is 11.4 Å². The molecule has 0 unspecified atom stereocenters. The molecule has 2 amide bonds. The summed E-state index contributed by atoms with van der Waals surface area (Å²) in [6, 6.07) is 18.8. The maximum Gasteiger partial charge on any atom is 0.262 e. The third-order valence-electron chi connectivity index (χ3n) is 4.00.